The van der Waals surface area contributed by atoms with E-state index in [1.807, 2.05) is 6.92 Å². The van der Waals surface area contributed by atoms with E-state index in [1.165, 1.54) is 57.2 Å². The lowest BCUT2D eigenvalue weighted by molar-refractivity contribution is 0.0764. The van der Waals surface area contributed by atoms with Crippen LogP contribution >= 0.6 is 11.6 Å². The number of halogens is 1. The van der Waals surface area contributed by atoms with Gasteiger partial charge in [-0.3, -0.25) is 16.2 Å². The third-order valence-corrected chi connectivity index (χ3v) is 5.85. The van der Waals surface area contributed by atoms with Crippen LogP contribution in [0, 0.1) is 6.92 Å². The van der Waals surface area contributed by atoms with Crippen LogP contribution < -0.4 is 11.3 Å². The Morgan fingerprint density at radius 2 is 1.86 bits per heavy atom. The number of rotatable bonds is 4. The highest BCUT2D eigenvalue weighted by Crippen LogP contribution is 2.46. The molecule has 1 aliphatic heterocycles. The predicted octanol–water partition coefficient (Wildman–Crippen LogP) is 3.56. The van der Waals surface area contributed by atoms with Crippen molar-refractivity contribution in [3.8, 4) is 0 Å². The van der Waals surface area contributed by atoms with Crippen molar-refractivity contribution in [2.24, 2.45) is 5.84 Å². The predicted molar refractivity (Wildman–Crippen MR) is 88.3 cm³/mol. The molecule has 1 unspecified atom stereocenters. The SMILES string of the molecule is Cc1ccc(C(NN)C2(N3CCCC3)CCCC2)cc1Cl. The fraction of sp³-hybridized carbons (Fsp3) is 0.647. The first-order chi connectivity index (χ1) is 10.2. The number of nitrogens with one attached hydrogen (secondary N) is 1. The zero-order chi connectivity index (χ0) is 14.9. The highest BCUT2D eigenvalue weighted by Gasteiger charge is 2.46. The molecule has 0 amide bonds. The van der Waals surface area contributed by atoms with Gasteiger partial charge in [0.05, 0.1) is 6.04 Å². The van der Waals surface area contributed by atoms with Gasteiger partial charge in [-0.1, -0.05) is 36.6 Å². The van der Waals surface area contributed by atoms with Crippen LogP contribution in [0.5, 0.6) is 0 Å². The highest BCUT2D eigenvalue weighted by atomic mass is 35.5. The van der Waals surface area contributed by atoms with Gasteiger partial charge in [-0.25, -0.2) is 0 Å². The van der Waals surface area contributed by atoms with Gasteiger partial charge in [-0.05, 0) is 62.9 Å². The summed E-state index contributed by atoms with van der Waals surface area (Å²) < 4.78 is 0. The molecule has 1 aromatic rings. The van der Waals surface area contributed by atoms with Crippen molar-refractivity contribution in [2.75, 3.05) is 13.1 Å². The third-order valence-electron chi connectivity index (χ3n) is 5.44. The molecule has 116 valence electrons. The van der Waals surface area contributed by atoms with E-state index in [0.717, 1.165) is 10.6 Å². The molecule has 0 radical (unpaired) electrons. The lowest BCUT2D eigenvalue weighted by Crippen LogP contribution is -2.55. The van der Waals surface area contributed by atoms with E-state index in [-0.39, 0.29) is 11.6 Å². The van der Waals surface area contributed by atoms with Gasteiger partial charge < -0.3 is 0 Å². The molecule has 1 atom stereocenters. The van der Waals surface area contributed by atoms with Crippen LogP contribution in [0.25, 0.3) is 0 Å². The summed E-state index contributed by atoms with van der Waals surface area (Å²) in [6, 6.07) is 6.55. The molecular formula is C17H26ClN3. The van der Waals surface area contributed by atoms with Crippen LogP contribution in [0.15, 0.2) is 18.2 Å². The van der Waals surface area contributed by atoms with Crippen molar-refractivity contribution in [1.29, 1.82) is 0 Å². The van der Waals surface area contributed by atoms with E-state index in [0.29, 0.717) is 0 Å². The fourth-order valence-corrected chi connectivity index (χ4v) is 4.48. The maximum absolute atomic E-state index is 6.34. The standard InChI is InChI=1S/C17H26ClN3/c1-13-6-7-14(12-15(13)18)16(20-19)17(8-2-3-9-17)21-10-4-5-11-21/h6-7,12,16,20H,2-5,8-11,19H2,1H3. The molecular weight excluding hydrogens is 282 g/mol. The largest absolute Gasteiger partial charge is 0.296 e. The zero-order valence-corrected chi connectivity index (χ0v) is 13.6. The molecule has 4 heteroatoms. The van der Waals surface area contributed by atoms with Gasteiger partial charge in [0.1, 0.15) is 0 Å². The Kier molecular flexibility index (Phi) is 4.55. The molecule has 21 heavy (non-hydrogen) atoms. The minimum absolute atomic E-state index is 0.163. The van der Waals surface area contributed by atoms with Gasteiger partial charge in [0, 0.05) is 10.6 Å². The van der Waals surface area contributed by atoms with Crippen LogP contribution in [0.4, 0.5) is 0 Å². The maximum atomic E-state index is 6.34. The lowest BCUT2D eigenvalue weighted by Gasteiger charge is -2.45. The second kappa shape index (κ2) is 6.25. The number of benzene rings is 1. The Hall–Kier alpha value is -0.610. The molecule has 0 spiro atoms. The molecule has 2 fully saturated rings. The quantitative estimate of drug-likeness (QED) is 0.660. The molecule has 1 heterocycles. The molecule has 3 rings (SSSR count). The molecule has 0 aromatic heterocycles. The van der Waals surface area contributed by atoms with Gasteiger partial charge in [0.25, 0.3) is 0 Å². The maximum Gasteiger partial charge on any atom is 0.0644 e. The average Bonchev–Trinajstić information content (AvgIpc) is 3.15. The molecule has 3 N–H and O–H groups in total. The second-order valence-corrected chi connectivity index (χ2v) is 7.02. The summed E-state index contributed by atoms with van der Waals surface area (Å²) in [6.45, 7) is 4.46. The molecule has 0 bridgehead atoms. The number of hydrazine groups is 1. The molecule has 2 aliphatic rings. The van der Waals surface area contributed by atoms with Crippen LogP contribution in [0.1, 0.15) is 55.7 Å². The van der Waals surface area contributed by atoms with Gasteiger partial charge in [0.2, 0.25) is 0 Å². The number of nitrogens with two attached hydrogens (primary N) is 1. The van der Waals surface area contributed by atoms with E-state index >= 15 is 0 Å². The highest BCUT2D eigenvalue weighted by molar-refractivity contribution is 6.31. The number of aryl methyl sites for hydroxylation is 1. The monoisotopic (exact) mass is 307 g/mol. The van der Waals surface area contributed by atoms with Crippen LogP contribution in [0.3, 0.4) is 0 Å². The molecule has 3 nitrogen and oxygen atoms in total. The summed E-state index contributed by atoms with van der Waals surface area (Å²) >= 11 is 6.34. The van der Waals surface area contributed by atoms with Crippen LogP contribution in [0.2, 0.25) is 5.02 Å². The normalized spacial score (nSPS) is 23.6. The summed E-state index contributed by atoms with van der Waals surface area (Å²) in [6.07, 6.45) is 7.69. The van der Waals surface area contributed by atoms with E-state index in [2.05, 4.69) is 28.5 Å². The van der Waals surface area contributed by atoms with Gasteiger partial charge in [-0.2, -0.15) is 0 Å². The zero-order valence-electron chi connectivity index (χ0n) is 12.9. The number of nitrogens with zero attached hydrogens (tertiary/aromatic N) is 1. The Morgan fingerprint density at radius 1 is 1.19 bits per heavy atom. The summed E-state index contributed by atoms with van der Waals surface area (Å²) in [5, 5.41) is 0.835. The van der Waals surface area contributed by atoms with Crippen molar-refractivity contribution < 1.29 is 0 Å². The Bertz CT molecular complexity index is 491. The fourth-order valence-electron chi connectivity index (χ4n) is 4.29. The van der Waals surface area contributed by atoms with Crippen molar-refractivity contribution in [3.63, 3.8) is 0 Å². The van der Waals surface area contributed by atoms with E-state index in [1.54, 1.807) is 0 Å². The van der Waals surface area contributed by atoms with E-state index < -0.39 is 0 Å². The van der Waals surface area contributed by atoms with Gasteiger partial charge in [-0.15, -0.1) is 0 Å². The summed E-state index contributed by atoms with van der Waals surface area (Å²) in [5.41, 5.74) is 5.64. The summed E-state index contributed by atoms with van der Waals surface area (Å²) in [7, 11) is 0. The molecule has 1 aromatic carbocycles. The first kappa shape index (κ1) is 15.3. The minimum atomic E-state index is 0.163. The molecule has 1 aliphatic carbocycles. The van der Waals surface area contributed by atoms with Crippen molar-refractivity contribution in [2.45, 2.75) is 57.0 Å². The molecule has 1 saturated heterocycles. The van der Waals surface area contributed by atoms with E-state index in [4.69, 9.17) is 17.4 Å². The van der Waals surface area contributed by atoms with Gasteiger partial charge >= 0.3 is 0 Å². The van der Waals surface area contributed by atoms with Crippen molar-refractivity contribution in [1.82, 2.24) is 10.3 Å². The first-order valence-corrected chi connectivity index (χ1v) is 8.52. The van der Waals surface area contributed by atoms with Crippen LogP contribution in [-0.2, 0) is 0 Å². The second-order valence-electron chi connectivity index (χ2n) is 6.61. The summed E-state index contributed by atoms with van der Waals surface area (Å²) in [5.74, 6) is 6.01. The topological polar surface area (TPSA) is 41.3 Å². The average molecular weight is 308 g/mol. The number of hydrogen-bond donors (Lipinski definition) is 2. The lowest BCUT2D eigenvalue weighted by atomic mass is 9.82. The Balaban J connectivity index is 1.96. The first-order valence-electron chi connectivity index (χ1n) is 8.14. The van der Waals surface area contributed by atoms with Crippen molar-refractivity contribution in [3.05, 3.63) is 34.3 Å². The minimum Gasteiger partial charge on any atom is -0.296 e. The Labute approximate surface area is 132 Å². The Morgan fingerprint density at radius 3 is 2.43 bits per heavy atom. The smallest absolute Gasteiger partial charge is 0.0644 e. The third kappa shape index (κ3) is 2.72. The van der Waals surface area contributed by atoms with Gasteiger partial charge in [0.15, 0.2) is 0 Å². The number of likely N-dealkylation sites (tertiary alicyclic amines) is 1. The molecule has 1 saturated carbocycles. The van der Waals surface area contributed by atoms with Crippen LogP contribution in [-0.4, -0.2) is 23.5 Å². The summed E-state index contributed by atoms with van der Waals surface area (Å²) in [4.78, 5) is 2.68. The van der Waals surface area contributed by atoms with Crippen molar-refractivity contribution >= 4 is 11.6 Å². The number of hydrogen-bond acceptors (Lipinski definition) is 3. The van der Waals surface area contributed by atoms with E-state index in [9.17, 15) is 0 Å².